The fourth-order valence-corrected chi connectivity index (χ4v) is 1.94. The second kappa shape index (κ2) is 9.53. The molecule has 0 aliphatic carbocycles. The topological polar surface area (TPSA) is 12.5 Å². The number of benzene rings is 1. The van der Waals surface area contributed by atoms with E-state index in [9.17, 15) is 4.39 Å². The Morgan fingerprint density at radius 3 is 2.53 bits per heavy atom. The first-order valence-corrected chi connectivity index (χ1v) is 6.71. The second-order valence-electron chi connectivity index (χ2n) is 4.67. The maximum atomic E-state index is 13.5. The first-order chi connectivity index (χ1) is 8.58. The number of rotatable bonds is 7. The highest BCUT2D eigenvalue weighted by Gasteiger charge is 2.10. The molecule has 1 unspecified atom stereocenters. The molecule has 0 fully saturated rings. The van der Waals surface area contributed by atoms with E-state index in [1.807, 2.05) is 13.0 Å². The summed E-state index contributed by atoms with van der Waals surface area (Å²) in [6, 6.07) is 5.61. The smallest absolute Gasteiger partial charge is 0.165 e. The van der Waals surface area contributed by atoms with E-state index in [1.54, 1.807) is 6.07 Å². The van der Waals surface area contributed by atoms with Crippen molar-refractivity contribution in [1.29, 1.82) is 0 Å². The van der Waals surface area contributed by atoms with E-state index in [4.69, 9.17) is 4.74 Å². The first-order valence-electron chi connectivity index (χ1n) is 6.71. The van der Waals surface area contributed by atoms with Gasteiger partial charge in [-0.1, -0.05) is 19.9 Å². The molecule has 1 atom stereocenters. The predicted octanol–water partition coefficient (Wildman–Crippen LogP) is 0.637. The van der Waals surface area contributed by atoms with E-state index in [0.29, 0.717) is 18.4 Å². The van der Waals surface area contributed by atoms with Crippen LogP contribution in [0.5, 0.6) is 5.75 Å². The van der Waals surface area contributed by atoms with Gasteiger partial charge in [-0.3, -0.25) is 4.90 Å². The average molecular weight is 380 g/mol. The molecule has 0 aromatic heterocycles. The minimum atomic E-state index is -0.276. The lowest BCUT2D eigenvalue weighted by Gasteiger charge is -2.26. The van der Waals surface area contributed by atoms with Crippen LogP contribution in [0.2, 0.25) is 0 Å². The molecule has 4 heteroatoms. The molecule has 1 aromatic rings. The largest absolute Gasteiger partial charge is 1.00 e. The molecule has 0 spiro atoms. The summed E-state index contributed by atoms with van der Waals surface area (Å²) in [7, 11) is 0. The molecule has 0 aliphatic heterocycles. The number of likely N-dealkylation sites (N-methyl/N-ethyl adjacent to an activating group) is 1. The Hall–Kier alpha value is -0.360. The minimum Gasteiger partial charge on any atom is -1.00 e. The van der Waals surface area contributed by atoms with Gasteiger partial charge in [-0.15, -0.1) is 0 Å². The highest BCUT2D eigenvalue weighted by atomic mass is 127. The number of nitrogens with zero attached hydrogens (tertiary/aromatic N) is 1. The summed E-state index contributed by atoms with van der Waals surface area (Å²) >= 11 is 0. The van der Waals surface area contributed by atoms with Crippen molar-refractivity contribution in [3.63, 3.8) is 0 Å². The summed E-state index contributed by atoms with van der Waals surface area (Å²) in [5, 5.41) is 0. The van der Waals surface area contributed by atoms with Crippen LogP contribution in [0.4, 0.5) is 4.39 Å². The third-order valence-electron chi connectivity index (χ3n) is 3.34. The summed E-state index contributed by atoms with van der Waals surface area (Å²) in [5.74, 6) is 0.0717. The average Bonchev–Trinajstić information content (AvgIpc) is 2.36. The zero-order valence-electron chi connectivity index (χ0n) is 12.2. The van der Waals surface area contributed by atoms with Gasteiger partial charge < -0.3 is 28.7 Å². The zero-order chi connectivity index (χ0) is 13.5. The van der Waals surface area contributed by atoms with Crippen molar-refractivity contribution >= 4 is 0 Å². The molecule has 0 radical (unpaired) electrons. The standard InChI is InChI=1S/C15H24FNO.HI/c1-5-13(4)17(6-2)9-10-18-15-8-7-12(3)11-14(15)16;/h7-8,11,13H,5-6,9-10H2,1-4H3;1H/p-1. The van der Waals surface area contributed by atoms with Gasteiger partial charge in [-0.25, -0.2) is 4.39 Å². The monoisotopic (exact) mass is 380 g/mol. The number of aryl methyl sites for hydroxylation is 1. The van der Waals surface area contributed by atoms with Crippen molar-refractivity contribution in [3.8, 4) is 5.75 Å². The van der Waals surface area contributed by atoms with E-state index in [1.165, 1.54) is 6.07 Å². The molecule has 0 saturated heterocycles. The molecule has 0 heterocycles. The maximum Gasteiger partial charge on any atom is 0.165 e. The lowest BCUT2D eigenvalue weighted by molar-refractivity contribution is -0.00000496. The van der Waals surface area contributed by atoms with Crippen molar-refractivity contribution in [2.75, 3.05) is 19.7 Å². The lowest BCUT2D eigenvalue weighted by Crippen LogP contribution is -3.00. The van der Waals surface area contributed by atoms with Crippen LogP contribution in [0.15, 0.2) is 18.2 Å². The highest BCUT2D eigenvalue weighted by Crippen LogP contribution is 2.17. The van der Waals surface area contributed by atoms with Crippen LogP contribution in [-0.4, -0.2) is 30.6 Å². The molecular formula is C15H24FINO-. The van der Waals surface area contributed by atoms with Gasteiger partial charge in [0.2, 0.25) is 0 Å². The van der Waals surface area contributed by atoms with Crippen LogP contribution in [0.1, 0.15) is 32.8 Å². The molecule has 0 aliphatic rings. The van der Waals surface area contributed by atoms with Gasteiger partial charge in [0.1, 0.15) is 6.61 Å². The third kappa shape index (κ3) is 6.08. The van der Waals surface area contributed by atoms with Crippen LogP contribution < -0.4 is 28.7 Å². The Labute approximate surface area is 133 Å². The van der Waals surface area contributed by atoms with Gasteiger partial charge >= 0.3 is 0 Å². The number of hydrogen-bond donors (Lipinski definition) is 0. The van der Waals surface area contributed by atoms with E-state index in [-0.39, 0.29) is 29.8 Å². The first kappa shape index (κ1) is 18.6. The minimum absolute atomic E-state index is 0. The molecule has 2 nitrogen and oxygen atoms in total. The molecule has 0 bridgehead atoms. The summed E-state index contributed by atoms with van der Waals surface area (Å²) < 4.78 is 19.0. The van der Waals surface area contributed by atoms with Crippen LogP contribution >= 0.6 is 0 Å². The van der Waals surface area contributed by atoms with Crippen molar-refractivity contribution in [2.24, 2.45) is 0 Å². The molecule has 19 heavy (non-hydrogen) atoms. The molecular weight excluding hydrogens is 356 g/mol. The molecule has 0 saturated carbocycles. The van der Waals surface area contributed by atoms with Gasteiger partial charge in [0.15, 0.2) is 11.6 Å². The van der Waals surface area contributed by atoms with E-state index < -0.39 is 0 Å². The van der Waals surface area contributed by atoms with Crippen molar-refractivity contribution in [2.45, 2.75) is 40.2 Å². The van der Waals surface area contributed by atoms with Crippen molar-refractivity contribution < 1.29 is 33.1 Å². The number of ether oxygens (including phenoxy) is 1. The summed E-state index contributed by atoms with van der Waals surface area (Å²) in [5.41, 5.74) is 0.912. The van der Waals surface area contributed by atoms with Gasteiger partial charge in [0.05, 0.1) is 0 Å². The van der Waals surface area contributed by atoms with Crippen LogP contribution in [0.3, 0.4) is 0 Å². The molecule has 0 amide bonds. The molecule has 1 aromatic carbocycles. The van der Waals surface area contributed by atoms with Gasteiger partial charge in [0.25, 0.3) is 0 Å². The van der Waals surface area contributed by atoms with Gasteiger partial charge in [-0.05, 0) is 44.5 Å². The number of hydrogen-bond acceptors (Lipinski definition) is 2. The van der Waals surface area contributed by atoms with Crippen LogP contribution in [0.25, 0.3) is 0 Å². The Morgan fingerprint density at radius 1 is 1.32 bits per heavy atom. The maximum absolute atomic E-state index is 13.5. The molecule has 0 N–H and O–H groups in total. The van der Waals surface area contributed by atoms with Gasteiger partial charge in [-0.2, -0.15) is 0 Å². The van der Waals surface area contributed by atoms with Gasteiger partial charge in [0, 0.05) is 12.6 Å². The van der Waals surface area contributed by atoms with Crippen molar-refractivity contribution in [3.05, 3.63) is 29.6 Å². The summed E-state index contributed by atoms with van der Waals surface area (Å²) in [6.07, 6.45) is 1.12. The highest BCUT2D eigenvalue weighted by molar-refractivity contribution is 5.28. The van der Waals surface area contributed by atoms with Crippen LogP contribution in [0, 0.1) is 12.7 Å². The Balaban J connectivity index is 0.00000324. The molecule has 110 valence electrons. The van der Waals surface area contributed by atoms with Crippen LogP contribution in [-0.2, 0) is 0 Å². The fraction of sp³-hybridized carbons (Fsp3) is 0.600. The van der Waals surface area contributed by atoms with Crippen molar-refractivity contribution in [1.82, 2.24) is 4.90 Å². The van der Waals surface area contributed by atoms with E-state index in [2.05, 4.69) is 25.7 Å². The Bertz CT molecular complexity index is 373. The van der Waals surface area contributed by atoms with E-state index >= 15 is 0 Å². The Morgan fingerprint density at radius 2 is 2.00 bits per heavy atom. The predicted molar refractivity (Wildman–Crippen MR) is 73.6 cm³/mol. The Kier molecular flexibility index (Phi) is 9.35. The zero-order valence-corrected chi connectivity index (χ0v) is 14.4. The number of halogens is 2. The summed E-state index contributed by atoms with van der Waals surface area (Å²) in [4.78, 5) is 2.34. The van der Waals surface area contributed by atoms with E-state index in [0.717, 1.165) is 25.1 Å². The second-order valence-corrected chi connectivity index (χ2v) is 4.67. The molecule has 1 rings (SSSR count). The normalized spacial score (nSPS) is 12.1. The lowest BCUT2D eigenvalue weighted by atomic mass is 10.2. The quantitative estimate of drug-likeness (QED) is 0.644. The fourth-order valence-electron chi connectivity index (χ4n) is 1.94. The third-order valence-corrected chi connectivity index (χ3v) is 3.34. The SMILES string of the molecule is CCC(C)N(CC)CCOc1ccc(C)cc1F.[I-]. The summed E-state index contributed by atoms with van der Waals surface area (Å²) in [6.45, 7) is 10.7.